The summed E-state index contributed by atoms with van der Waals surface area (Å²) in [7, 11) is 0. The van der Waals surface area contributed by atoms with E-state index >= 15 is 0 Å². The lowest BCUT2D eigenvalue weighted by atomic mass is 10.0. The van der Waals surface area contributed by atoms with E-state index in [0.717, 1.165) is 11.3 Å². The Morgan fingerprint density at radius 3 is 2.93 bits per heavy atom. The van der Waals surface area contributed by atoms with Crippen molar-refractivity contribution in [2.24, 2.45) is 0 Å². The Morgan fingerprint density at radius 1 is 1.33 bits per heavy atom. The Labute approximate surface area is 175 Å². The Morgan fingerprint density at radius 2 is 2.17 bits per heavy atom. The molecule has 0 saturated heterocycles. The molecular formula is C19H20ClF3N4O3. The van der Waals surface area contributed by atoms with Crippen LogP contribution >= 0.6 is 11.6 Å². The second kappa shape index (κ2) is 8.35. The molecule has 0 unspecified atom stereocenters. The maximum Gasteiger partial charge on any atom is 0.401 e. The fraction of sp³-hybridized carbons (Fsp3) is 0.474. The summed E-state index contributed by atoms with van der Waals surface area (Å²) in [5.41, 5.74) is 1.15. The molecule has 0 saturated carbocycles. The van der Waals surface area contributed by atoms with Crippen molar-refractivity contribution in [3.8, 4) is 11.6 Å². The van der Waals surface area contributed by atoms with Crippen LogP contribution in [0, 0.1) is 0 Å². The third-order valence-electron chi connectivity index (χ3n) is 4.87. The summed E-state index contributed by atoms with van der Waals surface area (Å²) >= 11 is 6.02. The highest BCUT2D eigenvalue weighted by Gasteiger charge is 2.29. The predicted octanol–water partition coefficient (Wildman–Crippen LogP) is 2.57. The molecule has 30 heavy (non-hydrogen) atoms. The van der Waals surface area contributed by atoms with Crippen LogP contribution in [0.1, 0.15) is 22.5 Å². The van der Waals surface area contributed by atoms with E-state index in [1.165, 1.54) is 6.07 Å². The van der Waals surface area contributed by atoms with Gasteiger partial charge in [0.15, 0.2) is 5.69 Å². The van der Waals surface area contributed by atoms with E-state index in [1.54, 1.807) is 10.7 Å². The van der Waals surface area contributed by atoms with Crippen LogP contribution in [0.25, 0.3) is 0 Å². The number of alkyl halides is 3. The van der Waals surface area contributed by atoms with Gasteiger partial charge in [-0.3, -0.25) is 4.79 Å². The monoisotopic (exact) mass is 444 g/mol. The lowest BCUT2D eigenvalue weighted by molar-refractivity contribution is -0.124. The Bertz CT molecular complexity index is 911. The van der Waals surface area contributed by atoms with Crippen LogP contribution in [0.4, 0.5) is 13.2 Å². The molecule has 3 heterocycles. The highest BCUT2D eigenvalue weighted by atomic mass is 35.5. The highest BCUT2D eigenvalue weighted by molar-refractivity contribution is 6.30. The van der Waals surface area contributed by atoms with Gasteiger partial charge in [-0.1, -0.05) is 11.6 Å². The summed E-state index contributed by atoms with van der Waals surface area (Å²) in [5.74, 6) is 0.844. The standard InChI is InChI=1S/C19H20ClF3N4O3/c20-12-1-2-16-11(5-12)6-13(9-29-16)25-18(28)15-7-17-27(26-15)8-14(30-17)3-4-24-10-19(21,22)23/h1-2,5,7,13-14,24H,3-4,6,8-10H2,(H,25,28)/t13-,14-/m1/s1. The first-order valence-corrected chi connectivity index (χ1v) is 9.89. The van der Waals surface area contributed by atoms with E-state index < -0.39 is 12.7 Å². The van der Waals surface area contributed by atoms with Crippen molar-refractivity contribution in [2.45, 2.75) is 37.7 Å². The van der Waals surface area contributed by atoms with Crippen molar-refractivity contribution in [3.63, 3.8) is 0 Å². The van der Waals surface area contributed by atoms with Gasteiger partial charge in [0.05, 0.1) is 19.1 Å². The van der Waals surface area contributed by atoms with Gasteiger partial charge in [0.2, 0.25) is 5.88 Å². The lowest BCUT2D eigenvalue weighted by Gasteiger charge is -2.26. The molecule has 1 aromatic carbocycles. The number of ether oxygens (including phenoxy) is 2. The van der Waals surface area contributed by atoms with Gasteiger partial charge in [0.1, 0.15) is 18.5 Å². The first-order chi connectivity index (χ1) is 14.3. The fourth-order valence-electron chi connectivity index (χ4n) is 3.50. The minimum atomic E-state index is -4.23. The van der Waals surface area contributed by atoms with E-state index in [4.69, 9.17) is 21.1 Å². The molecule has 1 aromatic heterocycles. The van der Waals surface area contributed by atoms with Crippen LogP contribution in [0.15, 0.2) is 24.3 Å². The Balaban J connectivity index is 1.27. The minimum Gasteiger partial charge on any atom is -0.491 e. The number of fused-ring (bicyclic) bond motifs is 2. The van der Waals surface area contributed by atoms with Crippen LogP contribution < -0.4 is 20.1 Å². The molecule has 0 spiro atoms. The summed E-state index contributed by atoms with van der Waals surface area (Å²) < 4.78 is 49.3. The molecule has 0 fully saturated rings. The number of halogens is 4. The molecule has 0 bridgehead atoms. The van der Waals surface area contributed by atoms with Crippen LogP contribution in [0.3, 0.4) is 0 Å². The van der Waals surface area contributed by atoms with Gasteiger partial charge in [-0.05, 0) is 43.1 Å². The van der Waals surface area contributed by atoms with Crippen molar-refractivity contribution >= 4 is 17.5 Å². The van der Waals surface area contributed by atoms with Crippen molar-refractivity contribution < 1.29 is 27.4 Å². The maximum absolute atomic E-state index is 12.5. The third-order valence-corrected chi connectivity index (χ3v) is 5.11. The first-order valence-electron chi connectivity index (χ1n) is 9.51. The van der Waals surface area contributed by atoms with Crippen LogP contribution in [0.5, 0.6) is 11.6 Å². The molecule has 2 aliphatic rings. The van der Waals surface area contributed by atoms with Crippen LogP contribution in [0.2, 0.25) is 5.02 Å². The van der Waals surface area contributed by atoms with Gasteiger partial charge in [-0.25, -0.2) is 4.68 Å². The Hall–Kier alpha value is -2.46. The summed E-state index contributed by atoms with van der Waals surface area (Å²) in [6, 6.07) is 6.70. The third kappa shape index (κ3) is 4.99. The zero-order valence-electron chi connectivity index (χ0n) is 15.8. The van der Waals surface area contributed by atoms with E-state index in [0.29, 0.717) is 36.9 Å². The van der Waals surface area contributed by atoms with Gasteiger partial charge in [-0.15, -0.1) is 0 Å². The predicted molar refractivity (Wildman–Crippen MR) is 102 cm³/mol. The van der Waals surface area contributed by atoms with E-state index in [2.05, 4.69) is 15.7 Å². The summed E-state index contributed by atoms with van der Waals surface area (Å²) in [4.78, 5) is 12.5. The molecule has 2 atom stereocenters. The van der Waals surface area contributed by atoms with Crippen molar-refractivity contribution in [2.75, 3.05) is 19.7 Å². The number of carbonyl (C=O) groups is 1. The van der Waals surface area contributed by atoms with Crippen LogP contribution in [-0.4, -0.2) is 53.7 Å². The molecule has 1 amide bonds. The van der Waals surface area contributed by atoms with Gasteiger partial charge < -0.3 is 20.1 Å². The Kier molecular flexibility index (Phi) is 5.79. The number of rotatable bonds is 6. The van der Waals surface area contributed by atoms with E-state index in [1.807, 2.05) is 12.1 Å². The summed E-state index contributed by atoms with van der Waals surface area (Å²) in [6.07, 6.45) is -3.51. The van der Waals surface area contributed by atoms with Gasteiger partial charge >= 0.3 is 6.18 Å². The average Bonchev–Trinajstić information content (AvgIpc) is 3.23. The van der Waals surface area contributed by atoms with Crippen molar-refractivity contribution in [3.05, 3.63) is 40.5 Å². The topological polar surface area (TPSA) is 77.4 Å². The van der Waals surface area contributed by atoms with E-state index in [-0.39, 0.29) is 30.3 Å². The zero-order valence-corrected chi connectivity index (χ0v) is 16.6. The first kappa shape index (κ1) is 20.8. The molecule has 162 valence electrons. The number of hydrogen-bond acceptors (Lipinski definition) is 5. The quantitative estimate of drug-likeness (QED) is 0.670. The smallest absolute Gasteiger partial charge is 0.401 e. The fourth-order valence-corrected chi connectivity index (χ4v) is 3.69. The molecule has 2 N–H and O–H groups in total. The summed E-state index contributed by atoms with van der Waals surface area (Å²) in [6.45, 7) is -0.127. The number of amides is 1. The largest absolute Gasteiger partial charge is 0.491 e. The van der Waals surface area contributed by atoms with Crippen molar-refractivity contribution in [1.29, 1.82) is 0 Å². The van der Waals surface area contributed by atoms with Gasteiger partial charge in [0.25, 0.3) is 5.91 Å². The SMILES string of the molecule is O=C(N[C@H]1COc2ccc(Cl)cc2C1)c1cc2n(n1)C[C@@H](CCNCC(F)(F)F)O2. The number of hydrogen-bond donors (Lipinski definition) is 2. The molecule has 0 radical (unpaired) electrons. The molecule has 2 aliphatic heterocycles. The van der Waals surface area contributed by atoms with E-state index in [9.17, 15) is 18.0 Å². The second-order valence-electron chi connectivity index (χ2n) is 7.31. The second-order valence-corrected chi connectivity index (χ2v) is 7.74. The average molecular weight is 445 g/mol. The minimum absolute atomic E-state index is 0.176. The molecule has 2 aromatic rings. The number of nitrogens with one attached hydrogen (secondary N) is 2. The number of aromatic nitrogens is 2. The number of benzene rings is 1. The van der Waals surface area contributed by atoms with Gasteiger partial charge in [0, 0.05) is 11.1 Å². The maximum atomic E-state index is 12.5. The number of nitrogens with zero attached hydrogens (tertiary/aromatic N) is 2. The molecule has 4 rings (SSSR count). The van der Waals surface area contributed by atoms with Crippen molar-refractivity contribution in [1.82, 2.24) is 20.4 Å². The lowest BCUT2D eigenvalue weighted by Crippen LogP contribution is -2.43. The highest BCUT2D eigenvalue weighted by Crippen LogP contribution is 2.28. The molecule has 11 heteroatoms. The molecular weight excluding hydrogens is 425 g/mol. The summed E-state index contributed by atoms with van der Waals surface area (Å²) in [5, 5.41) is 10.1. The zero-order chi connectivity index (χ0) is 21.3. The number of carbonyl (C=O) groups excluding carboxylic acids is 1. The molecule has 0 aliphatic carbocycles. The van der Waals surface area contributed by atoms with Gasteiger partial charge in [-0.2, -0.15) is 18.3 Å². The molecule has 7 nitrogen and oxygen atoms in total. The van der Waals surface area contributed by atoms with Crippen LogP contribution in [-0.2, 0) is 13.0 Å². The normalized spacial score (nSPS) is 20.1.